The summed E-state index contributed by atoms with van der Waals surface area (Å²) < 4.78 is 25.0. The molecule has 1 rings (SSSR count). The van der Waals surface area contributed by atoms with Crippen molar-refractivity contribution >= 4 is 5.91 Å². The molecule has 0 saturated heterocycles. The average molecular weight is 163 g/mol. The predicted molar refractivity (Wildman–Crippen MR) is 36.1 cm³/mol. The third kappa shape index (κ3) is 2.13. The summed E-state index contributed by atoms with van der Waals surface area (Å²) in [6, 6.07) is 0. The molecule has 1 fully saturated rings. The van der Waals surface area contributed by atoms with Gasteiger partial charge in [0, 0.05) is 18.8 Å². The smallest absolute Gasteiger partial charge is 0.248 e. The van der Waals surface area contributed by atoms with E-state index in [1.165, 1.54) is 0 Å². The molecule has 0 radical (unpaired) electrons. The second kappa shape index (κ2) is 2.75. The van der Waals surface area contributed by atoms with Gasteiger partial charge in [0.15, 0.2) is 0 Å². The lowest BCUT2D eigenvalue weighted by Gasteiger charge is -2.25. The molecule has 2 N–H and O–H groups in total. The molecule has 1 aliphatic carbocycles. The van der Waals surface area contributed by atoms with Crippen LogP contribution in [-0.4, -0.2) is 11.8 Å². The van der Waals surface area contributed by atoms with E-state index in [0.29, 0.717) is 0 Å². The summed E-state index contributed by atoms with van der Waals surface area (Å²) in [7, 11) is 0. The van der Waals surface area contributed by atoms with Gasteiger partial charge in [-0.25, -0.2) is 8.78 Å². The molecule has 4 heteroatoms. The van der Waals surface area contributed by atoms with Crippen LogP contribution in [0, 0.1) is 5.92 Å². The van der Waals surface area contributed by atoms with E-state index in [-0.39, 0.29) is 31.6 Å². The van der Waals surface area contributed by atoms with E-state index in [9.17, 15) is 13.6 Å². The predicted octanol–water partition coefficient (Wildman–Crippen LogP) is 1.30. The van der Waals surface area contributed by atoms with Gasteiger partial charge in [0.2, 0.25) is 11.8 Å². The number of primary amides is 1. The topological polar surface area (TPSA) is 43.1 Å². The number of amides is 1. The number of rotatable bonds is 1. The molecule has 0 unspecified atom stereocenters. The van der Waals surface area contributed by atoms with Crippen LogP contribution in [0.4, 0.5) is 8.78 Å². The Hall–Kier alpha value is -0.670. The lowest BCUT2D eigenvalue weighted by Crippen LogP contribution is -2.32. The second-order valence-electron chi connectivity index (χ2n) is 3.03. The molecule has 0 aromatic heterocycles. The SMILES string of the molecule is NC(=O)C1CCC(F)(F)CC1. The third-order valence-corrected chi connectivity index (χ3v) is 2.12. The van der Waals surface area contributed by atoms with Gasteiger partial charge in [-0.3, -0.25) is 4.79 Å². The van der Waals surface area contributed by atoms with Gasteiger partial charge in [0.1, 0.15) is 0 Å². The van der Waals surface area contributed by atoms with E-state index >= 15 is 0 Å². The average Bonchev–Trinajstić information content (AvgIpc) is 1.86. The van der Waals surface area contributed by atoms with Crippen molar-refractivity contribution in [2.75, 3.05) is 0 Å². The lowest BCUT2D eigenvalue weighted by atomic mass is 9.86. The summed E-state index contributed by atoms with van der Waals surface area (Å²) in [5.41, 5.74) is 4.97. The summed E-state index contributed by atoms with van der Waals surface area (Å²) >= 11 is 0. The standard InChI is InChI=1S/C7H11F2NO/c8-7(9)3-1-5(2-4-7)6(10)11/h5H,1-4H2,(H2,10,11). The minimum atomic E-state index is -2.56. The van der Waals surface area contributed by atoms with E-state index in [1.807, 2.05) is 0 Å². The Balaban J connectivity index is 2.42. The van der Waals surface area contributed by atoms with Crippen molar-refractivity contribution in [3.05, 3.63) is 0 Å². The van der Waals surface area contributed by atoms with Crippen LogP contribution in [0.15, 0.2) is 0 Å². The fourth-order valence-corrected chi connectivity index (χ4v) is 1.32. The number of hydrogen-bond donors (Lipinski definition) is 1. The number of halogens is 2. The monoisotopic (exact) mass is 163 g/mol. The molecule has 64 valence electrons. The maximum absolute atomic E-state index is 12.5. The van der Waals surface area contributed by atoms with E-state index in [1.54, 1.807) is 0 Å². The van der Waals surface area contributed by atoms with Gasteiger partial charge in [-0.1, -0.05) is 0 Å². The Morgan fingerprint density at radius 1 is 1.36 bits per heavy atom. The highest BCUT2D eigenvalue weighted by molar-refractivity contribution is 5.76. The molecule has 0 aromatic rings. The van der Waals surface area contributed by atoms with E-state index in [0.717, 1.165) is 0 Å². The zero-order valence-electron chi connectivity index (χ0n) is 6.15. The summed E-state index contributed by atoms with van der Waals surface area (Å²) in [6.07, 6.45) is 0.0892. The van der Waals surface area contributed by atoms with Crippen molar-refractivity contribution in [3.63, 3.8) is 0 Å². The number of carbonyl (C=O) groups is 1. The van der Waals surface area contributed by atoms with Crippen LogP contribution in [0.1, 0.15) is 25.7 Å². The molecule has 0 bridgehead atoms. The molecule has 11 heavy (non-hydrogen) atoms. The number of hydrogen-bond acceptors (Lipinski definition) is 1. The Morgan fingerprint density at radius 2 is 1.82 bits per heavy atom. The van der Waals surface area contributed by atoms with Crippen LogP contribution in [0.25, 0.3) is 0 Å². The first kappa shape index (κ1) is 8.43. The van der Waals surface area contributed by atoms with Gasteiger partial charge in [0.05, 0.1) is 0 Å². The molecule has 0 spiro atoms. The molecule has 1 amide bonds. The Morgan fingerprint density at radius 3 is 2.18 bits per heavy atom. The fraction of sp³-hybridized carbons (Fsp3) is 0.857. The quantitative estimate of drug-likeness (QED) is 0.622. The van der Waals surface area contributed by atoms with Crippen LogP contribution < -0.4 is 5.73 Å². The number of carbonyl (C=O) groups excluding carboxylic acids is 1. The van der Waals surface area contributed by atoms with Gasteiger partial charge in [-0.15, -0.1) is 0 Å². The van der Waals surface area contributed by atoms with Gasteiger partial charge in [0.25, 0.3) is 0 Å². The van der Waals surface area contributed by atoms with Crippen LogP contribution in [-0.2, 0) is 4.79 Å². The van der Waals surface area contributed by atoms with E-state index < -0.39 is 11.8 Å². The molecule has 1 aliphatic rings. The maximum Gasteiger partial charge on any atom is 0.248 e. The zero-order valence-corrected chi connectivity index (χ0v) is 6.15. The minimum Gasteiger partial charge on any atom is -0.369 e. The molecule has 2 nitrogen and oxygen atoms in total. The Bertz CT molecular complexity index is 160. The zero-order chi connectivity index (χ0) is 8.48. The van der Waals surface area contributed by atoms with Gasteiger partial charge in [-0.2, -0.15) is 0 Å². The molecular formula is C7H11F2NO. The largest absolute Gasteiger partial charge is 0.369 e. The summed E-state index contributed by atoms with van der Waals surface area (Å²) in [5, 5.41) is 0. The maximum atomic E-state index is 12.5. The molecule has 0 aliphatic heterocycles. The molecule has 0 atom stereocenters. The molecule has 0 heterocycles. The number of alkyl halides is 2. The van der Waals surface area contributed by atoms with E-state index in [4.69, 9.17) is 5.73 Å². The summed E-state index contributed by atoms with van der Waals surface area (Å²) in [4.78, 5) is 10.5. The first-order valence-corrected chi connectivity index (χ1v) is 3.68. The fourth-order valence-electron chi connectivity index (χ4n) is 1.32. The lowest BCUT2D eigenvalue weighted by molar-refractivity contribution is -0.125. The normalized spacial score (nSPS) is 24.9. The molecule has 1 saturated carbocycles. The highest BCUT2D eigenvalue weighted by atomic mass is 19.3. The van der Waals surface area contributed by atoms with Crippen LogP contribution in [0.3, 0.4) is 0 Å². The first-order chi connectivity index (χ1) is 5.01. The van der Waals surface area contributed by atoms with Crippen molar-refractivity contribution in [2.24, 2.45) is 11.7 Å². The van der Waals surface area contributed by atoms with E-state index in [2.05, 4.69) is 0 Å². The Kier molecular flexibility index (Phi) is 2.11. The van der Waals surface area contributed by atoms with Crippen LogP contribution >= 0.6 is 0 Å². The molecular weight excluding hydrogens is 152 g/mol. The van der Waals surface area contributed by atoms with Crippen molar-refractivity contribution in [3.8, 4) is 0 Å². The third-order valence-electron chi connectivity index (χ3n) is 2.12. The molecule has 0 aromatic carbocycles. The van der Waals surface area contributed by atoms with Crippen molar-refractivity contribution < 1.29 is 13.6 Å². The van der Waals surface area contributed by atoms with Gasteiger partial charge in [-0.05, 0) is 12.8 Å². The first-order valence-electron chi connectivity index (χ1n) is 3.68. The van der Waals surface area contributed by atoms with Crippen LogP contribution in [0.5, 0.6) is 0 Å². The summed E-state index contributed by atoms with van der Waals surface area (Å²) in [5.74, 6) is -3.33. The van der Waals surface area contributed by atoms with Gasteiger partial charge < -0.3 is 5.73 Å². The number of nitrogens with two attached hydrogens (primary N) is 1. The van der Waals surface area contributed by atoms with Crippen molar-refractivity contribution in [1.82, 2.24) is 0 Å². The Labute approximate surface area is 63.8 Å². The van der Waals surface area contributed by atoms with Crippen molar-refractivity contribution in [2.45, 2.75) is 31.6 Å². The van der Waals surface area contributed by atoms with Crippen molar-refractivity contribution in [1.29, 1.82) is 0 Å². The second-order valence-corrected chi connectivity index (χ2v) is 3.03. The van der Waals surface area contributed by atoms with Gasteiger partial charge >= 0.3 is 0 Å². The summed E-state index contributed by atoms with van der Waals surface area (Å²) in [6.45, 7) is 0. The highest BCUT2D eigenvalue weighted by Crippen LogP contribution is 2.35. The highest BCUT2D eigenvalue weighted by Gasteiger charge is 2.36. The minimum absolute atomic E-state index is 0.194. The van der Waals surface area contributed by atoms with Crippen LogP contribution in [0.2, 0.25) is 0 Å².